The summed E-state index contributed by atoms with van der Waals surface area (Å²) in [6, 6.07) is 12.4. The van der Waals surface area contributed by atoms with Crippen molar-refractivity contribution in [1.82, 2.24) is 4.90 Å². The van der Waals surface area contributed by atoms with Crippen molar-refractivity contribution < 1.29 is 31.9 Å². The molecule has 0 aliphatic carbocycles. The normalized spacial score (nSPS) is 13.2. The summed E-state index contributed by atoms with van der Waals surface area (Å²) in [6.45, 7) is 0.489. The van der Waals surface area contributed by atoms with Crippen molar-refractivity contribution in [2.24, 2.45) is 0 Å². The Morgan fingerprint density at radius 2 is 1.76 bits per heavy atom. The highest BCUT2D eigenvalue weighted by Crippen LogP contribution is 2.34. The zero-order valence-corrected chi connectivity index (χ0v) is 20.7. The number of nitrogens with zero attached hydrogens (tertiary/aromatic N) is 1. The van der Waals surface area contributed by atoms with E-state index in [1.807, 2.05) is 0 Å². The van der Waals surface area contributed by atoms with Gasteiger partial charge in [0.05, 0.1) is 22.7 Å². The van der Waals surface area contributed by atoms with E-state index in [1.165, 1.54) is 0 Å². The lowest BCUT2D eigenvalue weighted by Crippen LogP contribution is -2.39. The van der Waals surface area contributed by atoms with E-state index in [2.05, 4.69) is 5.32 Å². The van der Waals surface area contributed by atoms with Crippen LogP contribution >= 0.6 is 23.2 Å². The summed E-state index contributed by atoms with van der Waals surface area (Å²) in [7, 11) is 0. The molecule has 0 unspecified atom stereocenters. The highest BCUT2D eigenvalue weighted by Gasteiger charge is 2.34. The van der Waals surface area contributed by atoms with E-state index in [4.69, 9.17) is 27.9 Å². The van der Waals surface area contributed by atoms with Crippen LogP contribution in [0.25, 0.3) is 0 Å². The van der Waals surface area contributed by atoms with Gasteiger partial charge < -0.3 is 15.0 Å². The molecule has 0 saturated carbocycles. The lowest BCUT2D eigenvalue weighted by atomic mass is 9.97. The van der Waals surface area contributed by atoms with Gasteiger partial charge in [0.25, 0.3) is 5.91 Å². The van der Waals surface area contributed by atoms with Crippen LogP contribution in [0.4, 0.5) is 23.2 Å². The fourth-order valence-electron chi connectivity index (χ4n) is 4.01. The van der Waals surface area contributed by atoms with Gasteiger partial charge in [0, 0.05) is 18.1 Å². The van der Waals surface area contributed by atoms with Crippen molar-refractivity contribution in [3.05, 3.63) is 92.7 Å². The molecule has 0 bridgehead atoms. The number of nitrogens with one attached hydrogen (secondary N) is 1. The molecule has 3 aromatic rings. The van der Waals surface area contributed by atoms with Crippen LogP contribution in [0.5, 0.6) is 5.75 Å². The van der Waals surface area contributed by atoms with Crippen LogP contribution in [0.3, 0.4) is 0 Å². The molecule has 194 valence electrons. The molecular weight excluding hydrogens is 535 g/mol. The molecular formula is C26H20Cl2F4N2O3. The fraction of sp³-hybridized carbons (Fsp3) is 0.231. The Kier molecular flexibility index (Phi) is 7.94. The van der Waals surface area contributed by atoms with Crippen LogP contribution in [-0.4, -0.2) is 29.9 Å². The van der Waals surface area contributed by atoms with E-state index < -0.39 is 23.5 Å². The minimum Gasteiger partial charge on any atom is -0.484 e. The molecule has 0 atom stereocenters. The monoisotopic (exact) mass is 554 g/mol. The van der Waals surface area contributed by atoms with Gasteiger partial charge in [-0.15, -0.1) is 0 Å². The molecule has 1 aliphatic rings. The van der Waals surface area contributed by atoms with Gasteiger partial charge in [-0.2, -0.15) is 13.2 Å². The van der Waals surface area contributed by atoms with Crippen LogP contribution in [0.1, 0.15) is 22.3 Å². The summed E-state index contributed by atoms with van der Waals surface area (Å²) >= 11 is 12.2. The average Bonchev–Trinajstić information content (AvgIpc) is 2.84. The molecule has 1 heterocycles. The van der Waals surface area contributed by atoms with Crippen molar-refractivity contribution in [1.29, 1.82) is 0 Å². The Labute approximate surface area is 219 Å². The minimum absolute atomic E-state index is 0.0846. The second-order valence-electron chi connectivity index (χ2n) is 8.40. The zero-order valence-electron chi connectivity index (χ0n) is 19.2. The maximum absolute atomic E-state index is 13.9. The number of hydrogen-bond acceptors (Lipinski definition) is 3. The van der Waals surface area contributed by atoms with Crippen LogP contribution in [-0.2, 0) is 35.2 Å². The third-order valence-corrected chi connectivity index (χ3v) is 6.42. The third kappa shape index (κ3) is 6.53. The number of ether oxygens (including phenoxy) is 1. The van der Waals surface area contributed by atoms with Crippen molar-refractivity contribution in [2.45, 2.75) is 25.6 Å². The Morgan fingerprint density at radius 3 is 2.43 bits per heavy atom. The maximum atomic E-state index is 13.9. The van der Waals surface area contributed by atoms with E-state index in [0.717, 1.165) is 17.2 Å². The molecule has 0 fully saturated rings. The topological polar surface area (TPSA) is 58.6 Å². The highest BCUT2D eigenvalue weighted by molar-refractivity contribution is 6.34. The van der Waals surface area contributed by atoms with Gasteiger partial charge in [0.15, 0.2) is 6.61 Å². The molecule has 3 aromatic carbocycles. The smallest absolute Gasteiger partial charge is 0.419 e. The number of carbonyl (C=O) groups excluding carboxylic acids is 2. The number of anilines is 1. The summed E-state index contributed by atoms with van der Waals surface area (Å²) in [4.78, 5) is 26.9. The van der Waals surface area contributed by atoms with E-state index in [1.54, 1.807) is 41.3 Å². The molecule has 37 heavy (non-hydrogen) atoms. The summed E-state index contributed by atoms with van der Waals surface area (Å²) in [5, 5.41) is 3.52. The zero-order chi connectivity index (χ0) is 26.7. The largest absolute Gasteiger partial charge is 0.484 e. The first kappa shape index (κ1) is 26.8. The average molecular weight is 555 g/mol. The van der Waals surface area contributed by atoms with E-state index in [-0.39, 0.29) is 36.1 Å². The first-order valence-electron chi connectivity index (χ1n) is 11.1. The third-order valence-electron chi connectivity index (χ3n) is 5.85. The van der Waals surface area contributed by atoms with Crippen LogP contribution in [0.15, 0.2) is 54.6 Å². The SMILES string of the molecule is O=C(Cc1ccc(C(F)(F)F)c(F)c1)Nc1c(Cl)ccc2c1CCN(C(=O)COc1ccc(Cl)cc1)C2. The van der Waals surface area contributed by atoms with Gasteiger partial charge >= 0.3 is 6.18 Å². The summed E-state index contributed by atoms with van der Waals surface area (Å²) in [5.41, 5.74) is 0.588. The molecule has 5 nitrogen and oxygen atoms in total. The van der Waals surface area contributed by atoms with Crippen LogP contribution in [0.2, 0.25) is 10.0 Å². The number of halogens is 6. The highest BCUT2D eigenvalue weighted by atomic mass is 35.5. The summed E-state index contributed by atoms with van der Waals surface area (Å²) < 4.78 is 57.7. The Balaban J connectivity index is 1.41. The van der Waals surface area contributed by atoms with Gasteiger partial charge in [0.1, 0.15) is 11.6 Å². The van der Waals surface area contributed by atoms with Crippen LogP contribution < -0.4 is 10.1 Å². The lowest BCUT2D eigenvalue weighted by Gasteiger charge is -2.30. The number of carbonyl (C=O) groups is 2. The molecule has 11 heteroatoms. The first-order chi connectivity index (χ1) is 17.5. The van der Waals surface area contributed by atoms with Crippen molar-refractivity contribution in [2.75, 3.05) is 18.5 Å². The number of hydrogen-bond donors (Lipinski definition) is 1. The van der Waals surface area contributed by atoms with Gasteiger partial charge in [-0.05, 0) is 65.6 Å². The molecule has 0 radical (unpaired) electrons. The predicted octanol–water partition coefficient (Wildman–Crippen LogP) is 6.30. The van der Waals surface area contributed by atoms with Gasteiger partial charge in [-0.1, -0.05) is 35.3 Å². The molecule has 0 aromatic heterocycles. The number of rotatable bonds is 6. The number of alkyl halides is 3. The van der Waals surface area contributed by atoms with Crippen molar-refractivity contribution >= 4 is 40.7 Å². The fourth-order valence-corrected chi connectivity index (χ4v) is 4.36. The van der Waals surface area contributed by atoms with Gasteiger partial charge in [-0.3, -0.25) is 9.59 Å². The molecule has 1 aliphatic heterocycles. The Hall–Kier alpha value is -3.30. The molecule has 0 saturated heterocycles. The predicted molar refractivity (Wildman–Crippen MR) is 131 cm³/mol. The van der Waals surface area contributed by atoms with E-state index in [9.17, 15) is 27.2 Å². The Morgan fingerprint density at radius 1 is 1.03 bits per heavy atom. The van der Waals surface area contributed by atoms with E-state index >= 15 is 0 Å². The maximum Gasteiger partial charge on any atom is 0.419 e. The van der Waals surface area contributed by atoms with Crippen molar-refractivity contribution in [3.8, 4) is 5.75 Å². The molecule has 4 rings (SSSR count). The lowest BCUT2D eigenvalue weighted by molar-refractivity contribution is -0.140. The van der Waals surface area contributed by atoms with Gasteiger partial charge in [-0.25, -0.2) is 4.39 Å². The van der Waals surface area contributed by atoms with E-state index in [0.29, 0.717) is 41.6 Å². The summed E-state index contributed by atoms with van der Waals surface area (Å²) in [5.74, 6) is -1.72. The minimum atomic E-state index is -4.82. The molecule has 1 N–H and O–H groups in total. The number of benzene rings is 3. The second-order valence-corrected chi connectivity index (χ2v) is 9.25. The number of fused-ring (bicyclic) bond motifs is 1. The quantitative estimate of drug-likeness (QED) is 0.364. The summed E-state index contributed by atoms with van der Waals surface area (Å²) in [6.07, 6.45) is -4.76. The Bertz CT molecular complexity index is 1330. The second kappa shape index (κ2) is 11.0. The molecule has 2 amide bonds. The van der Waals surface area contributed by atoms with Gasteiger partial charge in [0.2, 0.25) is 5.91 Å². The standard InChI is InChI=1S/C26H20Cl2F4N2O3/c27-17-3-5-18(6-4-17)37-14-24(36)34-10-9-19-16(13-34)2-8-21(28)25(19)33-23(35)12-15-1-7-20(22(29)11-15)26(30,31)32/h1-8,11H,9-10,12-14H2,(H,33,35). The first-order valence-corrected chi connectivity index (χ1v) is 11.9. The van der Waals surface area contributed by atoms with Crippen molar-refractivity contribution in [3.63, 3.8) is 0 Å². The molecule has 0 spiro atoms. The van der Waals surface area contributed by atoms with Crippen LogP contribution in [0, 0.1) is 5.82 Å². The number of amides is 2.